The average Bonchev–Trinajstić information content (AvgIpc) is 3.07. The molecule has 0 aromatic heterocycles. The molecular formula is C42H78O5. The zero-order chi connectivity index (χ0) is 34.3. The van der Waals surface area contributed by atoms with Crippen LogP contribution in [0, 0.1) is 0 Å². The van der Waals surface area contributed by atoms with Crippen LogP contribution in [0.1, 0.15) is 213 Å². The average molecular weight is 663 g/mol. The number of hydrogen-bond donors (Lipinski definition) is 1. The Morgan fingerprint density at radius 1 is 0.489 bits per heavy atom. The summed E-state index contributed by atoms with van der Waals surface area (Å²) in [4.78, 5) is 24.3. The van der Waals surface area contributed by atoms with Gasteiger partial charge in [-0.2, -0.15) is 0 Å². The molecule has 0 fully saturated rings. The molecule has 276 valence electrons. The maximum atomic E-state index is 12.2. The molecule has 0 spiro atoms. The second kappa shape index (κ2) is 38.8. The van der Waals surface area contributed by atoms with Crippen LogP contribution in [0.5, 0.6) is 0 Å². The third kappa shape index (κ3) is 37.1. The molecule has 0 aliphatic rings. The van der Waals surface area contributed by atoms with Crippen molar-refractivity contribution in [2.75, 3.05) is 13.2 Å². The van der Waals surface area contributed by atoms with Gasteiger partial charge in [-0.05, 0) is 44.9 Å². The van der Waals surface area contributed by atoms with E-state index in [-0.39, 0.29) is 25.2 Å². The molecule has 0 unspecified atom stereocenters. The Kier molecular flexibility index (Phi) is 37.5. The lowest BCUT2D eigenvalue weighted by molar-refractivity contribution is -0.161. The van der Waals surface area contributed by atoms with Crippen molar-refractivity contribution in [1.29, 1.82) is 0 Å². The van der Waals surface area contributed by atoms with E-state index in [4.69, 9.17) is 9.47 Å². The van der Waals surface area contributed by atoms with E-state index in [1.807, 2.05) is 0 Å². The summed E-state index contributed by atoms with van der Waals surface area (Å²) in [5, 5.41) is 9.56. The quantitative estimate of drug-likeness (QED) is 0.0407. The van der Waals surface area contributed by atoms with Gasteiger partial charge in [0.2, 0.25) is 0 Å². The van der Waals surface area contributed by atoms with Gasteiger partial charge in [-0.3, -0.25) is 9.59 Å². The first kappa shape index (κ1) is 45.4. The molecular weight excluding hydrogens is 584 g/mol. The van der Waals surface area contributed by atoms with Crippen LogP contribution in [0.3, 0.4) is 0 Å². The van der Waals surface area contributed by atoms with Gasteiger partial charge in [-0.1, -0.05) is 179 Å². The number of allylic oxidation sites excluding steroid dienone is 4. The highest BCUT2D eigenvalue weighted by Gasteiger charge is 2.16. The Morgan fingerprint density at radius 2 is 0.851 bits per heavy atom. The number of aliphatic hydroxyl groups excluding tert-OH is 1. The predicted octanol–water partition coefficient (Wildman–Crippen LogP) is 12.7. The highest BCUT2D eigenvalue weighted by Crippen LogP contribution is 2.15. The minimum absolute atomic E-state index is 0.0630. The van der Waals surface area contributed by atoms with Crippen LogP contribution in [-0.2, 0) is 19.1 Å². The largest absolute Gasteiger partial charge is 0.462 e. The van der Waals surface area contributed by atoms with E-state index >= 15 is 0 Å². The number of esters is 2. The maximum absolute atomic E-state index is 12.2. The molecule has 0 aliphatic carbocycles. The van der Waals surface area contributed by atoms with Crippen molar-refractivity contribution in [3.8, 4) is 0 Å². The van der Waals surface area contributed by atoms with Crippen molar-refractivity contribution < 1.29 is 24.2 Å². The van der Waals surface area contributed by atoms with Crippen molar-refractivity contribution >= 4 is 11.9 Å². The van der Waals surface area contributed by atoms with Gasteiger partial charge in [0.25, 0.3) is 0 Å². The fraction of sp³-hybridized carbons (Fsp3) is 0.857. The highest BCUT2D eigenvalue weighted by atomic mass is 16.6. The topological polar surface area (TPSA) is 72.8 Å². The summed E-state index contributed by atoms with van der Waals surface area (Å²) >= 11 is 0. The first-order valence-corrected chi connectivity index (χ1v) is 20.4. The number of carbonyl (C=O) groups excluding carboxylic acids is 2. The molecule has 0 saturated heterocycles. The predicted molar refractivity (Wildman–Crippen MR) is 201 cm³/mol. The summed E-state index contributed by atoms with van der Waals surface area (Å²) in [6.45, 7) is 4.12. The van der Waals surface area contributed by atoms with E-state index in [1.54, 1.807) is 0 Å². The molecule has 0 rings (SSSR count). The summed E-state index contributed by atoms with van der Waals surface area (Å²) in [7, 11) is 0. The second-order valence-electron chi connectivity index (χ2n) is 13.7. The second-order valence-corrected chi connectivity index (χ2v) is 13.7. The molecule has 5 nitrogen and oxygen atoms in total. The molecule has 0 saturated carbocycles. The van der Waals surface area contributed by atoms with Gasteiger partial charge in [-0.15, -0.1) is 0 Å². The van der Waals surface area contributed by atoms with E-state index in [2.05, 4.69) is 38.2 Å². The fourth-order valence-electron chi connectivity index (χ4n) is 5.88. The molecule has 0 heterocycles. The summed E-state index contributed by atoms with van der Waals surface area (Å²) < 4.78 is 10.6. The Balaban J connectivity index is 3.52. The fourth-order valence-corrected chi connectivity index (χ4v) is 5.88. The Hall–Kier alpha value is -1.62. The van der Waals surface area contributed by atoms with E-state index in [9.17, 15) is 14.7 Å². The van der Waals surface area contributed by atoms with Crippen LogP contribution in [0.2, 0.25) is 0 Å². The Morgan fingerprint density at radius 3 is 1.30 bits per heavy atom. The van der Waals surface area contributed by atoms with Crippen LogP contribution < -0.4 is 0 Å². The molecule has 0 bridgehead atoms. The van der Waals surface area contributed by atoms with Crippen LogP contribution in [0.25, 0.3) is 0 Å². The molecule has 0 aromatic rings. The smallest absolute Gasteiger partial charge is 0.306 e. The van der Waals surface area contributed by atoms with Gasteiger partial charge in [0.15, 0.2) is 6.10 Å². The molecule has 1 atom stereocenters. The molecule has 0 amide bonds. The number of unbranched alkanes of at least 4 members (excludes halogenated alkanes) is 25. The van der Waals surface area contributed by atoms with Crippen LogP contribution in [0.4, 0.5) is 0 Å². The first-order valence-electron chi connectivity index (χ1n) is 20.4. The zero-order valence-corrected chi connectivity index (χ0v) is 31.3. The van der Waals surface area contributed by atoms with Crippen molar-refractivity contribution in [1.82, 2.24) is 0 Å². The van der Waals surface area contributed by atoms with Gasteiger partial charge in [0, 0.05) is 12.8 Å². The van der Waals surface area contributed by atoms with E-state index in [0.717, 1.165) is 44.9 Å². The summed E-state index contributed by atoms with van der Waals surface area (Å²) in [5.41, 5.74) is 0. The lowest BCUT2D eigenvalue weighted by Gasteiger charge is -2.15. The minimum atomic E-state index is -0.768. The lowest BCUT2D eigenvalue weighted by atomic mass is 10.0. The standard InChI is InChI=1S/C42H78O5/c1-3-5-7-9-11-13-15-17-19-20-21-22-23-25-27-29-31-33-35-37-42(45)47-40(38-43)39-46-41(44)36-34-32-30-28-26-24-18-16-14-12-10-8-6-4-2/h11,13,17,19,40,43H,3-10,12,14-16,18,20-39H2,1-2H3/b13-11+,19-17+/t40-/m0/s1. The molecule has 5 heteroatoms. The van der Waals surface area contributed by atoms with Gasteiger partial charge >= 0.3 is 11.9 Å². The van der Waals surface area contributed by atoms with E-state index in [0.29, 0.717) is 12.8 Å². The SMILES string of the molecule is CCCCC/C=C/C/C=C/CCCCCCCCCCCC(=O)O[C@@H](CO)COC(=O)CCCCCCCCCCCCCCCC. The number of rotatable bonds is 37. The highest BCUT2D eigenvalue weighted by molar-refractivity contribution is 5.70. The molecule has 1 N–H and O–H groups in total. The van der Waals surface area contributed by atoms with E-state index < -0.39 is 6.10 Å². The number of aliphatic hydroxyl groups is 1. The monoisotopic (exact) mass is 663 g/mol. The van der Waals surface area contributed by atoms with Crippen LogP contribution in [0.15, 0.2) is 24.3 Å². The summed E-state index contributed by atoms with van der Waals surface area (Å²) in [6, 6.07) is 0. The molecule has 0 aliphatic heterocycles. The molecule has 0 aromatic carbocycles. The Bertz CT molecular complexity index is 716. The van der Waals surface area contributed by atoms with Gasteiger partial charge < -0.3 is 14.6 Å². The minimum Gasteiger partial charge on any atom is -0.462 e. The Labute approximate surface area is 292 Å². The lowest BCUT2D eigenvalue weighted by Crippen LogP contribution is -2.28. The van der Waals surface area contributed by atoms with Crippen LogP contribution >= 0.6 is 0 Å². The van der Waals surface area contributed by atoms with Crippen molar-refractivity contribution in [2.24, 2.45) is 0 Å². The normalized spacial score (nSPS) is 12.3. The van der Waals surface area contributed by atoms with Gasteiger partial charge in [0.05, 0.1) is 6.61 Å². The molecule has 0 radical (unpaired) electrons. The summed E-state index contributed by atoms with van der Waals surface area (Å²) in [5.74, 6) is -0.587. The first-order chi connectivity index (χ1) is 23.1. The third-order valence-corrected chi connectivity index (χ3v) is 9.00. The maximum Gasteiger partial charge on any atom is 0.306 e. The molecule has 47 heavy (non-hydrogen) atoms. The van der Waals surface area contributed by atoms with Crippen molar-refractivity contribution in [3.05, 3.63) is 24.3 Å². The number of carbonyl (C=O) groups is 2. The van der Waals surface area contributed by atoms with Crippen molar-refractivity contribution in [2.45, 2.75) is 219 Å². The third-order valence-electron chi connectivity index (χ3n) is 9.00. The van der Waals surface area contributed by atoms with Crippen molar-refractivity contribution in [3.63, 3.8) is 0 Å². The van der Waals surface area contributed by atoms with Gasteiger partial charge in [-0.25, -0.2) is 0 Å². The number of hydrogen-bond acceptors (Lipinski definition) is 5. The van der Waals surface area contributed by atoms with E-state index in [1.165, 1.54) is 141 Å². The van der Waals surface area contributed by atoms with Crippen LogP contribution in [-0.4, -0.2) is 36.4 Å². The summed E-state index contributed by atoms with van der Waals surface area (Å²) in [6.07, 6.45) is 45.2. The zero-order valence-electron chi connectivity index (χ0n) is 31.3. The number of ether oxygens (including phenoxy) is 2. The van der Waals surface area contributed by atoms with Gasteiger partial charge in [0.1, 0.15) is 6.61 Å².